The Morgan fingerprint density at radius 1 is 1.21 bits per heavy atom. The van der Waals surface area contributed by atoms with E-state index in [1.807, 2.05) is 6.92 Å². The number of nitrogen functional groups attached to an aromatic ring is 2. The zero-order valence-corrected chi connectivity index (χ0v) is 16.0. The van der Waals surface area contributed by atoms with Crippen LogP contribution < -0.4 is 20.9 Å². The fourth-order valence-corrected chi connectivity index (χ4v) is 2.66. The van der Waals surface area contributed by atoms with Crippen molar-refractivity contribution in [3.63, 3.8) is 0 Å². The minimum atomic E-state index is -2.94. The predicted molar refractivity (Wildman–Crippen MR) is 103 cm³/mol. The van der Waals surface area contributed by atoms with Crippen molar-refractivity contribution >= 4 is 17.7 Å². The number of ether oxygens (including phenoxy) is 2. The number of nitrogens with zero attached hydrogens (tertiary/aromatic N) is 2. The van der Waals surface area contributed by atoms with Crippen LogP contribution in [0.1, 0.15) is 24.6 Å². The number of benzene rings is 1. The third kappa shape index (κ3) is 6.44. The van der Waals surface area contributed by atoms with Crippen LogP contribution in [0, 0.1) is 5.92 Å². The van der Waals surface area contributed by atoms with Crippen LogP contribution in [0.25, 0.3) is 0 Å². The molecular formula is C19H24F2N4O4. The summed E-state index contributed by atoms with van der Waals surface area (Å²) in [6, 6.07) is 6.44. The summed E-state index contributed by atoms with van der Waals surface area (Å²) in [7, 11) is 0. The lowest BCUT2D eigenvalue weighted by molar-refractivity contribution is -0.146. The fourth-order valence-electron chi connectivity index (χ4n) is 2.66. The maximum absolute atomic E-state index is 12.8. The molecule has 29 heavy (non-hydrogen) atoms. The number of aliphatic carboxylic acids is 1. The first-order chi connectivity index (χ1) is 13.8. The number of aromatic nitrogens is 2. The molecule has 0 saturated heterocycles. The highest BCUT2D eigenvalue weighted by Gasteiger charge is 2.28. The maximum atomic E-state index is 12.8. The summed E-state index contributed by atoms with van der Waals surface area (Å²) in [6.07, 6.45) is -2.10. The van der Waals surface area contributed by atoms with Crippen LogP contribution in [-0.4, -0.2) is 40.7 Å². The quantitative estimate of drug-likeness (QED) is 0.481. The minimum Gasteiger partial charge on any atom is -0.493 e. The van der Waals surface area contributed by atoms with E-state index in [0.717, 1.165) is 0 Å². The number of halogens is 2. The maximum Gasteiger partial charge on any atom is 0.312 e. The van der Waals surface area contributed by atoms with E-state index in [9.17, 15) is 13.6 Å². The Kier molecular flexibility index (Phi) is 7.93. The van der Waals surface area contributed by atoms with Crippen molar-refractivity contribution in [2.75, 3.05) is 24.7 Å². The van der Waals surface area contributed by atoms with Crippen LogP contribution in [0.4, 0.5) is 20.5 Å². The molecule has 0 aliphatic carbocycles. The van der Waals surface area contributed by atoms with Crippen molar-refractivity contribution in [2.45, 2.75) is 32.6 Å². The Bertz CT molecular complexity index is 836. The Hall–Kier alpha value is -3.17. The molecule has 0 aliphatic rings. The van der Waals surface area contributed by atoms with E-state index < -0.39 is 18.3 Å². The highest BCUT2D eigenvalue weighted by atomic mass is 19.3. The topological polar surface area (TPSA) is 134 Å². The smallest absolute Gasteiger partial charge is 0.312 e. The van der Waals surface area contributed by atoms with Crippen molar-refractivity contribution in [1.82, 2.24) is 9.97 Å². The Labute approximate surface area is 166 Å². The van der Waals surface area contributed by atoms with Crippen LogP contribution in [0.15, 0.2) is 24.3 Å². The lowest BCUT2D eigenvalue weighted by Gasteiger charge is -2.13. The molecular weight excluding hydrogens is 386 g/mol. The summed E-state index contributed by atoms with van der Waals surface area (Å²) < 4.78 is 36.9. The summed E-state index contributed by atoms with van der Waals surface area (Å²) in [4.78, 5) is 18.9. The molecule has 1 atom stereocenters. The van der Waals surface area contributed by atoms with Crippen LogP contribution in [0.2, 0.25) is 0 Å². The number of alkyl halides is 2. The summed E-state index contributed by atoms with van der Waals surface area (Å²) in [5.41, 5.74) is 12.5. The monoisotopic (exact) mass is 410 g/mol. The average Bonchev–Trinajstić information content (AvgIpc) is 2.66. The number of carboxylic acid groups (broad SMARTS) is 1. The minimum absolute atomic E-state index is 0.0897. The van der Waals surface area contributed by atoms with Crippen LogP contribution >= 0.6 is 0 Å². The average molecular weight is 410 g/mol. The molecule has 0 amide bonds. The zero-order chi connectivity index (χ0) is 21.4. The molecule has 8 nitrogen and oxygen atoms in total. The Balaban J connectivity index is 1.85. The standard InChI is InChI=1S/C19H24F2N4O4/c1-2-14-15(17(22)25-19(23)24-14)29-8-4-7-28-12-6-3-5-11(9-12)10-13(16(20)21)18(26)27/h3,5-6,9,13,16H,2,4,7-8,10H2,1H3,(H,26,27)(H4,22,23,24,25)/t13-/m1/s1. The highest BCUT2D eigenvalue weighted by molar-refractivity contribution is 5.71. The number of hydrogen-bond donors (Lipinski definition) is 3. The highest BCUT2D eigenvalue weighted by Crippen LogP contribution is 2.25. The van der Waals surface area contributed by atoms with E-state index in [-0.39, 0.29) is 18.2 Å². The molecule has 2 aromatic rings. The first-order valence-corrected chi connectivity index (χ1v) is 9.09. The molecule has 0 spiro atoms. The number of rotatable bonds is 11. The number of nitrogens with two attached hydrogens (primary N) is 2. The number of hydrogen-bond acceptors (Lipinski definition) is 7. The van der Waals surface area contributed by atoms with Crippen LogP contribution in [-0.2, 0) is 17.6 Å². The van der Waals surface area contributed by atoms with Gasteiger partial charge >= 0.3 is 5.97 Å². The molecule has 0 saturated carbocycles. The molecule has 1 aromatic heterocycles. The lowest BCUT2D eigenvalue weighted by atomic mass is 10.00. The van der Waals surface area contributed by atoms with E-state index in [0.29, 0.717) is 48.8 Å². The summed E-state index contributed by atoms with van der Waals surface area (Å²) in [5.74, 6) is -2.15. The second-order valence-electron chi connectivity index (χ2n) is 6.28. The number of aryl methyl sites for hydroxylation is 1. The van der Waals surface area contributed by atoms with Crippen molar-refractivity contribution in [3.8, 4) is 11.5 Å². The van der Waals surface area contributed by atoms with Gasteiger partial charge in [-0.3, -0.25) is 4.79 Å². The SMILES string of the molecule is CCc1nc(N)nc(N)c1OCCCOc1cccc(C[C@@H](C(=O)O)C(F)F)c1. The molecule has 0 radical (unpaired) electrons. The van der Waals surface area contributed by atoms with E-state index in [1.165, 1.54) is 0 Å². The lowest BCUT2D eigenvalue weighted by Crippen LogP contribution is -2.24. The third-order valence-corrected chi connectivity index (χ3v) is 4.09. The first kappa shape index (κ1) is 22.1. The van der Waals surface area contributed by atoms with Crippen molar-refractivity contribution in [1.29, 1.82) is 0 Å². The van der Waals surface area contributed by atoms with Gasteiger partial charge in [-0.15, -0.1) is 0 Å². The number of carbonyl (C=O) groups is 1. The van der Waals surface area contributed by atoms with E-state index in [4.69, 9.17) is 26.0 Å². The van der Waals surface area contributed by atoms with Gasteiger partial charge < -0.3 is 26.0 Å². The third-order valence-electron chi connectivity index (χ3n) is 4.09. The zero-order valence-electron chi connectivity index (χ0n) is 16.0. The van der Waals surface area contributed by atoms with Crippen molar-refractivity contribution in [3.05, 3.63) is 35.5 Å². The van der Waals surface area contributed by atoms with Crippen molar-refractivity contribution < 1.29 is 28.2 Å². The number of anilines is 2. The van der Waals surface area contributed by atoms with Gasteiger partial charge in [0, 0.05) is 6.42 Å². The summed E-state index contributed by atoms with van der Waals surface area (Å²) in [5, 5.41) is 8.89. The van der Waals surface area contributed by atoms with Crippen LogP contribution in [0.3, 0.4) is 0 Å². The molecule has 2 rings (SSSR count). The van der Waals surface area contributed by atoms with E-state index in [2.05, 4.69) is 9.97 Å². The van der Waals surface area contributed by atoms with Crippen LogP contribution in [0.5, 0.6) is 11.5 Å². The van der Waals surface area contributed by atoms with Gasteiger partial charge in [-0.05, 0) is 30.5 Å². The van der Waals surface area contributed by atoms with E-state index >= 15 is 0 Å². The van der Waals surface area contributed by atoms with Crippen molar-refractivity contribution in [2.24, 2.45) is 5.92 Å². The normalized spacial score (nSPS) is 12.0. The van der Waals surface area contributed by atoms with Gasteiger partial charge in [-0.2, -0.15) is 4.98 Å². The van der Waals surface area contributed by atoms with Gasteiger partial charge in [0.25, 0.3) is 6.43 Å². The molecule has 0 unspecified atom stereocenters. The van der Waals surface area contributed by atoms with Gasteiger partial charge in [0.1, 0.15) is 11.7 Å². The predicted octanol–water partition coefficient (Wildman–Crippen LogP) is 2.56. The van der Waals surface area contributed by atoms with E-state index in [1.54, 1.807) is 24.3 Å². The molecule has 0 aliphatic heterocycles. The summed E-state index contributed by atoms with van der Waals surface area (Å²) in [6.45, 7) is 2.50. The Morgan fingerprint density at radius 3 is 2.59 bits per heavy atom. The second kappa shape index (κ2) is 10.4. The van der Waals surface area contributed by atoms with Gasteiger partial charge in [-0.1, -0.05) is 19.1 Å². The van der Waals surface area contributed by atoms with Gasteiger partial charge in [0.05, 0.1) is 18.9 Å². The molecule has 1 aromatic carbocycles. The Morgan fingerprint density at radius 2 is 1.93 bits per heavy atom. The fraction of sp³-hybridized carbons (Fsp3) is 0.421. The number of carboxylic acids is 1. The molecule has 0 bridgehead atoms. The van der Waals surface area contributed by atoms with Gasteiger partial charge in [0.15, 0.2) is 11.6 Å². The molecule has 158 valence electrons. The molecule has 10 heteroatoms. The van der Waals surface area contributed by atoms with Gasteiger partial charge in [-0.25, -0.2) is 13.8 Å². The molecule has 0 fully saturated rings. The second-order valence-corrected chi connectivity index (χ2v) is 6.28. The summed E-state index contributed by atoms with van der Waals surface area (Å²) >= 11 is 0. The largest absolute Gasteiger partial charge is 0.493 e. The molecule has 1 heterocycles. The first-order valence-electron chi connectivity index (χ1n) is 9.09. The van der Waals surface area contributed by atoms with Gasteiger partial charge in [0.2, 0.25) is 5.95 Å². The molecule has 5 N–H and O–H groups in total.